The van der Waals surface area contributed by atoms with Crippen LogP contribution >= 0.6 is 0 Å². The van der Waals surface area contributed by atoms with Crippen molar-refractivity contribution >= 4 is 5.78 Å². The fraction of sp³-hybridized carbons (Fsp3) is 0.889. The van der Waals surface area contributed by atoms with Gasteiger partial charge in [0, 0.05) is 6.42 Å². The van der Waals surface area contributed by atoms with Crippen molar-refractivity contribution in [1.29, 1.82) is 0 Å². The number of hydrogen-bond acceptors (Lipinski definition) is 2. The summed E-state index contributed by atoms with van der Waals surface area (Å²) in [5.74, 6) is 0.709. The molecule has 0 amide bonds. The molecule has 0 aliphatic heterocycles. The number of aliphatic hydroxyl groups is 1. The Hall–Kier alpha value is -0.370. The van der Waals surface area contributed by atoms with E-state index in [0.717, 1.165) is 25.7 Å². The maximum atomic E-state index is 10.7. The van der Waals surface area contributed by atoms with Crippen LogP contribution in [0.15, 0.2) is 0 Å². The van der Waals surface area contributed by atoms with Gasteiger partial charge in [0.2, 0.25) is 0 Å². The third-order valence-corrected chi connectivity index (χ3v) is 2.33. The number of ketones is 1. The van der Waals surface area contributed by atoms with Gasteiger partial charge in [0.25, 0.3) is 0 Å². The largest absolute Gasteiger partial charge is 0.393 e. The third-order valence-electron chi connectivity index (χ3n) is 2.33. The molecule has 2 nitrogen and oxygen atoms in total. The molecule has 11 heavy (non-hydrogen) atoms. The van der Waals surface area contributed by atoms with Crippen LogP contribution in [0.4, 0.5) is 0 Å². The maximum Gasteiger partial charge on any atom is 0.130 e. The number of carbonyl (C=O) groups is 1. The van der Waals surface area contributed by atoms with Gasteiger partial charge in [-0.15, -0.1) is 0 Å². The molecule has 1 N–H and O–H groups in total. The summed E-state index contributed by atoms with van der Waals surface area (Å²) in [4.78, 5) is 10.7. The van der Waals surface area contributed by atoms with Crippen LogP contribution < -0.4 is 0 Å². The van der Waals surface area contributed by atoms with Gasteiger partial charge in [0.1, 0.15) is 5.78 Å². The number of aliphatic hydroxyl groups excluding tert-OH is 1. The van der Waals surface area contributed by atoms with Crippen molar-refractivity contribution < 1.29 is 9.90 Å². The summed E-state index contributed by atoms with van der Waals surface area (Å²) in [7, 11) is 0. The predicted molar refractivity (Wildman–Crippen MR) is 43.3 cm³/mol. The average molecular weight is 156 g/mol. The molecule has 1 fully saturated rings. The topological polar surface area (TPSA) is 37.3 Å². The van der Waals surface area contributed by atoms with E-state index in [2.05, 4.69) is 0 Å². The van der Waals surface area contributed by atoms with Crippen LogP contribution in [-0.4, -0.2) is 17.0 Å². The molecule has 1 aliphatic rings. The lowest BCUT2D eigenvalue weighted by molar-refractivity contribution is -0.118. The van der Waals surface area contributed by atoms with Gasteiger partial charge in [-0.2, -0.15) is 0 Å². The van der Waals surface area contributed by atoms with Gasteiger partial charge in [-0.1, -0.05) is 6.42 Å². The monoisotopic (exact) mass is 156 g/mol. The molecule has 1 saturated carbocycles. The molecule has 0 saturated heterocycles. The smallest absolute Gasteiger partial charge is 0.130 e. The zero-order valence-corrected chi connectivity index (χ0v) is 7.05. The van der Waals surface area contributed by atoms with Crippen LogP contribution in [0.25, 0.3) is 0 Å². The van der Waals surface area contributed by atoms with Crippen LogP contribution in [0.1, 0.15) is 39.0 Å². The zero-order chi connectivity index (χ0) is 8.27. The number of carbonyl (C=O) groups excluding carboxylic acids is 1. The summed E-state index contributed by atoms with van der Waals surface area (Å²) in [6.07, 6.45) is 4.48. The van der Waals surface area contributed by atoms with Crippen molar-refractivity contribution in [2.45, 2.75) is 45.1 Å². The van der Waals surface area contributed by atoms with Crippen molar-refractivity contribution in [3.05, 3.63) is 0 Å². The summed E-state index contributed by atoms with van der Waals surface area (Å²) in [6, 6.07) is 0. The minimum absolute atomic E-state index is 0.145. The third kappa shape index (κ3) is 3.02. The van der Waals surface area contributed by atoms with Crippen LogP contribution in [0.3, 0.4) is 0 Å². The van der Waals surface area contributed by atoms with Crippen molar-refractivity contribution in [2.24, 2.45) is 5.92 Å². The summed E-state index contributed by atoms with van der Waals surface area (Å²) >= 11 is 0. The molecule has 1 rings (SSSR count). The van der Waals surface area contributed by atoms with Gasteiger partial charge in [0.15, 0.2) is 0 Å². The Morgan fingerprint density at radius 1 is 1.55 bits per heavy atom. The van der Waals surface area contributed by atoms with E-state index in [-0.39, 0.29) is 11.9 Å². The molecule has 2 heteroatoms. The van der Waals surface area contributed by atoms with E-state index in [1.165, 1.54) is 0 Å². The van der Waals surface area contributed by atoms with Gasteiger partial charge >= 0.3 is 0 Å². The zero-order valence-electron chi connectivity index (χ0n) is 7.05. The Kier molecular flexibility index (Phi) is 3.06. The van der Waals surface area contributed by atoms with Crippen molar-refractivity contribution in [3.8, 4) is 0 Å². The first-order chi connectivity index (χ1) is 5.18. The van der Waals surface area contributed by atoms with Crippen molar-refractivity contribution in [3.63, 3.8) is 0 Å². The highest BCUT2D eigenvalue weighted by atomic mass is 16.3. The van der Waals surface area contributed by atoms with E-state index in [1.54, 1.807) is 6.92 Å². The quantitative estimate of drug-likeness (QED) is 0.658. The second kappa shape index (κ2) is 3.86. The molecule has 0 spiro atoms. The summed E-state index contributed by atoms with van der Waals surface area (Å²) in [6.45, 7) is 1.63. The Labute approximate surface area is 67.6 Å². The Balaban J connectivity index is 2.28. The minimum Gasteiger partial charge on any atom is -0.393 e. The molecule has 0 aromatic rings. The van der Waals surface area contributed by atoms with Crippen LogP contribution in [-0.2, 0) is 4.79 Å². The molecule has 0 unspecified atom stereocenters. The van der Waals surface area contributed by atoms with E-state index in [1.807, 2.05) is 0 Å². The highest BCUT2D eigenvalue weighted by Gasteiger charge is 2.20. The molecular formula is C9H16O2. The highest BCUT2D eigenvalue weighted by Crippen LogP contribution is 2.26. The second-order valence-corrected chi connectivity index (χ2v) is 3.59. The molecule has 1 aliphatic carbocycles. The Morgan fingerprint density at radius 2 is 2.27 bits per heavy atom. The summed E-state index contributed by atoms with van der Waals surface area (Å²) in [5.41, 5.74) is 0. The molecule has 64 valence electrons. The highest BCUT2D eigenvalue weighted by molar-refractivity contribution is 5.75. The van der Waals surface area contributed by atoms with E-state index < -0.39 is 0 Å². The van der Waals surface area contributed by atoms with Gasteiger partial charge in [0.05, 0.1) is 6.10 Å². The van der Waals surface area contributed by atoms with Crippen molar-refractivity contribution in [2.75, 3.05) is 0 Å². The lowest BCUT2D eigenvalue weighted by Gasteiger charge is -2.24. The van der Waals surface area contributed by atoms with E-state index in [4.69, 9.17) is 0 Å². The standard InChI is InChI=1S/C9H16O2/c1-7(10)5-8-3-2-4-9(11)6-8/h8-9,11H,2-6H2,1H3/t8-,9+/m0/s1. The first kappa shape index (κ1) is 8.72. The molecule has 0 aromatic heterocycles. The number of hydrogen-bond donors (Lipinski definition) is 1. The SMILES string of the molecule is CC(=O)C[C@@H]1CCC[C@@H](O)C1. The number of rotatable bonds is 2. The van der Waals surface area contributed by atoms with Gasteiger partial charge in [-0.25, -0.2) is 0 Å². The Bertz CT molecular complexity index is 142. The van der Waals surface area contributed by atoms with Crippen LogP contribution in [0.5, 0.6) is 0 Å². The average Bonchev–Trinajstić information content (AvgIpc) is 1.85. The minimum atomic E-state index is -0.145. The first-order valence-electron chi connectivity index (χ1n) is 4.36. The van der Waals surface area contributed by atoms with E-state index in [0.29, 0.717) is 12.3 Å². The lowest BCUT2D eigenvalue weighted by atomic mass is 9.84. The number of Topliss-reactive ketones (excluding diaryl/α,β-unsaturated/α-hetero) is 1. The van der Waals surface area contributed by atoms with Gasteiger partial charge in [-0.3, -0.25) is 0 Å². The Morgan fingerprint density at radius 3 is 2.82 bits per heavy atom. The van der Waals surface area contributed by atoms with Gasteiger partial charge < -0.3 is 9.90 Å². The van der Waals surface area contributed by atoms with Gasteiger partial charge in [-0.05, 0) is 32.1 Å². The molecule has 0 radical (unpaired) electrons. The fourth-order valence-electron chi connectivity index (χ4n) is 1.85. The molecular weight excluding hydrogens is 140 g/mol. The molecule has 0 aromatic carbocycles. The summed E-state index contributed by atoms with van der Waals surface area (Å²) in [5, 5.41) is 9.28. The molecule has 0 bridgehead atoms. The van der Waals surface area contributed by atoms with E-state index in [9.17, 15) is 9.90 Å². The van der Waals surface area contributed by atoms with Crippen molar-refractivity contribution in [1.82, 2.24) is 0 Å². The normalized spacial score (nSPS) is 31.8. The van der Waals surface area contributed by atoms with Crippen LogP contribution in [0, 0.1) is 5.92 Å². The van der Waals surface area contributed by atoms with E-state index >= 15 is 0 Å². The lowest BCUT2D eigenvalue weighted by Crippen LogP contribution is -2.20. The first-order valence-corrected chi connectivity index (χ1v) is 4.36. The predicted octanol–water partition coefficient (Wildman–Crippen LogP) is 1.52. The summed E-state index contributed by atoms with van der Waals surface area (Å²) < 4.78 is 0. The molecule has 2 atom stereocenters. The van der Waals surface area contributed by atoms with Crippen LogP contribution in [0.2, 0.25) is 0 Å². The fourth-order valence-corrected chi connectivity index (χ4v) is 1.85. The maximum absolute atomic E-state index is 10.7. The second-order valence-electron chi connectivity index (χ2n) is 3.59. The molecule has 0 heterocycles.